The highest BCUT2D eigenvalue weighted by Gasteiger charge is 2.41. The number of nitrogens with one attached hydrogen (secondary N) is 2. The highest BCUT2D eigenvalue weighted by atomic mass is 32.1. The molecule has 1 aromatic heterocycles. The number of benzene rings is 2. The summed E-state index contributed by atoms with van der Waals surface area (Å²) < 4.78 is 5.50. The maximum Gasteiger partial charge on any atom is 0.337 e. The maximum atomic E-state index is 12.9. The van der Waals surface area contributed by atoms with Crippen LogP contribution >= 0.6 is 11.3 Å². The Kier molecular flexibility index (Phi) is 6.20. The van der Waals surface area contributed by atoms with Gasteiger partial charge < -0.3 is 20.3 Å². The molecule has 0 bridgehead atoms. The van der Waals surface area contributed by atoms with E-state index in [-0.39, 0.29) is 30.0 Å². The number of thiazole rings is 1. The Balaban J connectivity index is 1.31. The fourth-order valence-electron chi connectivity index (χ4n) is 4.52. The normalized spacial score (nSPS) is 18.4. The van der Waals surface area contributed by atoms with Gasteiger partial charge in [0.2, 0.25) is 0 Å². The van der Waals surface area contributed by atoms with Gasteiger partial charge in [0.15, 0.2) is 5.13 Å². The van der Waals surface area contributed by atoms with Crippen molar-refractivity contribution in [2.45, 2.75) is 38.3 Å². The number of amides is 2. The molecule has 186 valence electrons. The largest absolute Gasteiger partial charge is 0.478 e. The summed E-state index contributed by atoms with van der Waals surface area (Å²) in [7, 11) is 0. The lowest BCUT2D eigenvalue weighted by Gasteiger charge is -2.29. The Morgan fingerprint density at radius 1 is 1.14 bits per heavy atom. The molecule has 2 atom stereocenters. The molecule has 11 heteroatoms. The van der Waals surface area contributed by atoms with Crippen molar-refractivity contribution < 1.29 is 29.3 Å². The van der Waals surface area contributed by atoms with Crippen molar-refractivity contribution in [3.8, 4) is 0 Å². The molecule has 0 fully saturated rings. The first kappa shape index (κ1) is 23.9. The summed E-state index contributed by atoms with van der Waals surface area (Å²) in [5.74, 6) is -1.58. The van der Waals surface area contributed by atoms with E-state index in [9.17, 15) is 19.5 Å². The van der Waals surface area contributed by atoms with Gasteiger partial charge >= 0.3 is 12.0 Å². The quantitative estimate of drug-likeness (QED) is 0.267. The average molecular weight is 509 g/mol. The number of anilines is 2. The number of hydrogen-bond donors (Lipinski definition) is 4. The zero-order valence-corrected chi connectivity index (χ0v) is 20.2. The van der Waals surface area contributed by atoms with Crippen LogP contribution < -0.4 is 10.6 Å². The van der Waals surface area contributed by atoms with E-state index in [1.165, 1.54) is 40.5 Å². The van der Waals surface area contributed by atoms with E-state index < -0.39 is 12.0 Å². The molecular weight excluding hydrogens is 484 g/mol. The lowest BCUT2D eigenvalue weighted by molar-refractivity contribution is -0.156. The van der Waals surface area contributed by atoms with Gasteiger partial charge in [-0.2, -0.15) is 0 Å². The first-order chi connectivity index (χ1) is 17.3. The van der Waals surface area contributed by atoms with E-state index in [0.717, 1.165) is 10.6 Å². The number of imide groups is 1. The molecule has 4 N–H and O–H groups in total. The summed E-state index contributed by atoms with van der Waals surface area (Å²) in [5.41, 5.74) is 2.28. The summed E-state index contributed by atoms with van der Waals surface area (Å²) in [4.78, 5) is 43.8. The standard InChI is InChI=1S/C25H24N4O6S/c1-2-35-25(34,27-15-9-7-14(8-10-15)23(32)33)28-24-26-19-12-11-16(13-20(19)36-24)29-21(30)17-5-3-4-6-18(17)22(29)31/h3-10,16,27,34H,2,11-13H2,1H3,(H,26,28)(H,32,33). The van der Waals surface area contributed by atoms with Crippen LogP contribution in [0, 0.1) is 0 Å². The van der Waals surface area contributed by atoms with Gasteiger partial charge in [-0.25, -0.2) is 9.78 Å². The molecule has 0 spiro atoms. The van der Waals surface area contributed by atoms with Crippen molar-refractivity contribution in [3.63, 3.8) is 0 Å². The molecule has 2 amide bonds. The van der Waals surface area contributed by atoms with Crippen LogP contribution in [0.2, 0.25) is 0 Å². The minimum absolute atomic E-state index is 0.119. The molecule has 2 aliphatic rings. The van der Waals surface area contributed by atoms with Crippen molar-refractivity contribution in [2.24, 2.45) is 0 Å². The minimum Gasteiger partial charge on any atom is -0.478 e. The number of fused-ring (bicyclic) bond motifs is 2. The first-order valence-corrected chi connectivity index (χ1v) is 12.3. The van der Waals surface area contributed by atoms with Gasteiger partial charge in [0.1, 0.15) is 0 Å². The molecule has 2 heterocycles. The monoisotopic (exact) mass is 508 g/mol. The second kappa shape index (κ2) is 9.34. The van der Waals surface area contributed by atoms with Crippen molar-refractivity contribution in [2.75, 3.05) is 17.2 Å². The third-order valence-electron chi connectivity index (χ3n) is 6.18. The summed E-state index contributed by atoms with van der Waals surface area (Å²) in [5, 5.41) is 26.3. The number of aromatic carboxylic acids is 1. The van der Waals surface area contributed by atoms with Gasteiger partial charge in [-0.3, -0.25) is 19.8 Å². The SMILES string of the molecule is CCOC(O)(Nc1ccc(C(=O)O)cc1)Nc1nc2c(s1)CC(N1C(=O)c3ccccc3C1=O)CC2. The van der Waals surface area contributed by atoms with Crippen LogP contribution in [0.3, 0.4) is 0 Å². The third kappa shape index (κ3) is 4.43. The number of carbonyl (C=O) groups is 3. The highest BCUT2D eigenvalue weighted by Crippen LogP contribution is 2.35. The van der Waals surface area contributed by atoms with Gasteiger partial charge in [0, 0.05) is 23.0 Å². The fraction of sp³-hybridized carbons (Fsp3) is 0.280. The zero-order valence-electron chi connectivity index (χ0n) is 19.4. The number of aryl methyl sites for hydroxylation is 1. The van der Waals surface area contributed by atoms with Gasteiger partial charge in [0.25, 0.3) is 11.8 Å². The second-order valence-electron chi connectivity index (χ2n) is 8.52. The first-order valence-electron chi connectivity index (χ1n) is 11.5. The Morgan fingerprint density at radius 2 is 1.81 bits per heavy atom. The van der Waals surface area contributed by atoms with Crippen molar-refractivity contribution in [1.29, 1.82) is 0 Å². The molecule has 2 unspecified atom stereocenters. The van der Waals surface area contributed by atoms with Crippen molar-refractivity contribution in [3.05, 3.63) is 75.8 Å². The van der Waals surface area contributed by atoms with Crippen molar-refractivity contribution >= 4 is 39.9 Å². The predicted molar refractivity (Wildman–Crippen MR) is 132 cm³/mol. The van der Waals surface area contributed by atoms with E-state index in [2.05, 4.69) is 15.6 Å². The summed E-state index contributed by atoms with van der Waals surface area (Å²) >= 11 is 1.32. The predicted octanol–water partition coefficient (Wildman–Crippen LogP) is 3.16. The van der Waals surface area contributed by atoms with Gasteiger partial charge in [-0.1, -0.05) is 12.1 Å². The van der Waals surface area contributed by atoms with Gasteiger partial charge in [0.05, 0.1) is 29.0 Å². The summed E-state index contributed by atoms with van der Waals surface area (Å²) in [6, 6.07) is 10.5. The van der Waals surface area contributed by atoms with Crippen molar-refractivity contribution in [1.82, 2.24) is 9.88 Å². The number of carboxylic acids is 1. The van der Waals surface area contributed by atoms with E-state index in [0.29, 0.717) is 41.2 Å². The van der Waals surface area contributed by atoms with Gasteiger partial charge in [-0.05, 0) is 56.2 Å². The van der Waals surface area contributed by atoms with Crippen LogP contribution in [-0.2, 0) is 17.6 Å². The average Bonchev–Trinajstić information content (AvgIpc) is 3.36. The molecule has 1 aliphatic heterocycles. The van der Waals surface area contributed by atoms with Crippen LogP contribution in [-0.4, -0.2) is 56.6 Å². The van der Waals surface area contributed by atoms with E-state index in [1.807, 2.05) is 0 Å². The molecule has 5 rings (SSSR count). The van der Waals surface area contributed by atoms with Crippen LogP contribution in [0.15, 0.2) is 48.5 Å². The highest BCUT2D eigenvalue weighted by molar-refractivity contribution is 7.15. The Bertz CT molecular complexity index is 1310. The number of ether oxygens (including phenoxy) is 1. The molecule has 0 radical (unpaired) electrons. The molecule has 0 saturated heterocycles. The molecular formula is C25H24N4O6S. The van der Waals surface area contributed by atoms with Crippen LogP contribution in [0.4, 0.5) is 10.8 Å². The van der Waals surface area contributed by atoms with E-state index in [1.54, 1.807) is 31.2 Å². The topological polar surface area (TPSA) is 141 Å². The van der Waals surface area contributed by atoms with E-state index >= 15 is 0 Å². The second-order valence-corrected chi connectivity index (χ2v) is 9.60. The third-order valence-corrected chi connectivity index (χ3v) is 7.21. The number of aliphatic hydroxyl groups is 1. The maximum absolute atomic E-state index is 12.9. The van der Waals surface area contributed by atoms with Gasteiger partial charge in [-0.15, -0.1) is 11.3 Å². The zero-order chi connectivity index (χ0) is 25.4. The number of carbonyl (C=O) groups excluding carboxylic acids is 2. The molecule has 10 nitrogen and oxygen atoms in total. The lowest BCUT2D eigenvalue weighted by atomic mass is 9.96. The molecule has 36 heavy (non-hydrogen) atoms. The molecule has 0 saturated carbocycles. The smallest absolute Gasteiger partial charge is 0.337 e. The number of hydrogen-bond acceptors (Lipinski definition) is 9. The van der Waals surface area contributed by atoms with Crippen LogP contribution in [0.25, 0.3) is 0 Å². The Morgan fingerprint density at radius 3 is 2.42 bits per heavy atom. The number of rotatable bonds is 8. The fourth-order valence-corrected chi connectivity index (χ4v) is 5.64. The summed E-state index contributed by atoms with van der Waals surface area (Å²) in [6.45, 7) is 1.90. The Hall–Kier alpha value is -3.80. The van der Waals surface area contributed by atoms with Crippen LogP contribution in [0.5, 0.6) is 0 Å². The molecule has 2 aromatic carbocycles. The Labute approximate surface area is 210 Å². The number of nitrogens with zero attached hydrogens (tertiary/aromatic N) is 2. The van der Waals surface area contributed by atoms with E-state index in [4.69, 9.17) is 9.84 Å². The number of aromatic nitrogens is 1. The minimum atomic E-state index is -2.00. The molecule has 3 aromatic rings. The summed E-state index contributed by atoms with van der Waals surface area (Å²) in [6.07, 6.45) is 1.67. The molecule has 1 aliphatic carbocycles. The van der Waals surface area contributed by atoms with Crippen LogP contribution in [0.1, 0.15) is 55.0 Å². The lowest BCUT2D eigenvalue weighted by Crippen LogP contribution is -2.48. The number of carboxylic acid groups (broad SMARTS) is 1.